The third kappa shape index (κ3) is 2.50. The zero-order chi connectivity index (χ0) is 13.2. The molecule has 2 aromatic rings. The molecule has 2 heterocycles. The molecule has 3 nitrogen and oxygen atoms in total. The standard InChI is InChI=1S/C14H14BrNO2S/c1-16-13(14-9(15)6-7-19-14)12-8-17-10-4-2-3-5-11(10)18-12/h2-7,12-13,16H,8H2,1H3. The minimum absolute atomic E-state index is 0.0325. The van der Waals surface area contributed by atoms with Gasteiger partial charge < -0.3 is 14.8 Å². The predicted molar refractivity (Wildman–Crippen MR) is 80.2 cm³/mol. The third-order valence-electron chi connectivity index (χ3n) is 3.14. The first kappa shape index (κ1) is 13.0. The van der Waals surface area contributed by atoms with Gasteiger partial charge in [0.05, 0.1) is 6.04 Å². The molecule has 2 atom stereocenters. The Hall–Kier alpha value is -1.04. The van der Waals surface area contributed by atoms with Crippen molar-refractivity contribution in [2.24, 2.45) is 0 Å². The number of hydrogen-bond donors (Lipinski definition) is 1. The number of hydrogen-bond acceptors (Lipinski definition) is 4. The summed E-state index contributed by atoms with van der Waals surface area (Å²) in [6.45, 7) is 0.548. The van der Waals surface area contributed by atoms with Gasteiger partial charge in [-0.05, 0) is 46.6 Å². The molecule has 0 aliphatic carbocycles. The number of halogens is 1. The summed E-state index contributed by atoms with van der Waals surface area (Å²) in [7, 11) is 1.95. The maximum Gasteiger partial charge on any atom is 0.161 e. The Balaban J connectivity index is 1.85. The number of rotatable bonds is 3. The van der Waals surface area contributed by atoms with Crippen LogP contribution in [0.2, 0.25) is 0 Å². The Morgan fingerprint density at radius 2 is 2.11 bits per heavy atom. The van der Waals surface area contributed by atoms with Gasteiger partial charge in [0.2, 0.25) is 0 Å². The van der Waals surface area contributed by atoms with Gasteiger partial charge in [-0.3, -0.25) is 0 Å². The van der Waals surface area contributed by atoms with Crippen molar-refractivity contribution in [1.82, 2.24) is 5.32 Å². The number of thiophene rings is 1. The summed E-state index contributed by atoms with van der Waals surface area (Å²) in [5, 5.41) is 5.39. The van der Waals surface area contributed by atoms with Crippen molar-refractivity contribution in [2.75, 3.05) is 13.7 Å². The highest BCUT2D eigenvalue weighted by atomic mass is 79.9. The fourth-order valence-corrected chi connectivity index (χ4v) is 3.99. The van der Waals surface area contributed by atoms with Gasteiger partial charge in [0.25, 0.3) is 0 Å². The minimum atomic E-state index is -0.0325. The van der Waals surface area contributed by atoms with Crippen LogP contribution in [0.1, 0.15) is 10.9 Å². The second kappa shape index (κ2) is 5.53. The molecule has 1 aliphatic rings. The Kier molecular flexibility index (Phi) is 3.77. The molecule has 0 fully saturated rings. The molecule has 1 N–H and O–H groups in total. The van der Waals surface area contributed by atoms with E-state index >= 15 is 0 Å². The molecule has 1 aromatic carbocycles. The highest BCUT2D eigenvalue weighted by Gasteiger charge is 2.30. The lowest BCUT2D eigenvalue weighted by molar-refractivity contribution is 0.0646. The van der Waals surface area contributed by atoms with Gasteiger partial charge in [-0.1, -0.05) is 12.1 Å². The van der Waals surface area contributed by atoms with Gasteiger partial charge in [0.1, 0.15) is 6.61 Å². The summed E-state index contributed by atoms with van der Waals surface area (Å²) in [5.74, 6) is 1.63. The average molecular weight is 340 g/mol. The number of likely N-dealkylation sites (N-methyl/N-ethyl adjacent to an activating group) is 1. The van der Waals surface area contributed by atoms with Crippen molar-refractivity contribution < 1.29 is 9.47 Å². The molecular weight excluding hydrogens is 326 g/mol. The van der Waals surface area contributed by atoms with E-state index in [0.29, 0.717) is 6.61 Å². The SMILES string of the molecule is CNC(c1sccc1Br)C1COc2ccccc2O1. The Bertz CT molecular complexity index is 572. The number of benzene rings is 1. The second-order valence-corrected chi connectivity index (χ2v) is 6.12. The smallest absolute Gasteiger partial charge is 0.161 e. The fraction of sp³-hybridized carbons (Fsp3) is 0.286. The van der Waals surface area contributed by atoms with Crippen molar-refractivity contribution in [1.29, 1.82) is 0 Å². The average Bonchev–Trinajstić information content (AvgIpc) is 2.86. The molecule has 5 heteroatoms. The van der Waals surface area contributed by atoms with E-state index in [1.807, 2.05) is 31.3 Å². The molecular formula is C14H14BrNO2S. The second-order valence-electron chi connectivity index (χ2n) is 4.31. The van der Waals surface area contributed by atoms with E-state index < -0.39 is 0 Å². The van der Waals surface area contributed by atoms with Gasteiger partial charge in [-0.25, -0.2) is 0 Å². The zero-order valence-corrected chi connectivity index (χ0v) is 12.8. The van der Waals surface area contributed by atoms with E-state index in [1.165, 1.54) is 4.88 Å². The molecule has 1 aromatic heterocycles. The summed E-state index contributed by atoms with van der Waals surface area (Å²) in [4.78, 5) is 1.23. The van der Waals surface area contributed by atoms with Gasteiger partial charge in [-0.2, -0.15) is 0 Å². The van der Waals surface area contributed by atoms with Crippen LogP contribution in [0.3, 0.4) is 0 Å². The van der Waals surface area contributed by atoms with Gasteiger partial charge in [0.15, 0.2) is 17.6 Å². The molecule has 0 spiro atoms. The van der Waals surface area contributed by atoms with E-state index in [-0.39, 0.29) is 12.1 Å². The van der Waals surface area contributed by atoms with E-state index in [1.54, 1.807) is 11.3 Å². The monoisotopic (exact) mass is 339 g/mol. The summed E-state index contributed by atoms with van der Waals surface area (Å²) in [6.07, 6.45) is -0.0325. The van der Waals surface area contributed by atoms with Crippen LogP contribution in [0.4, 0.5) is 0 Å². The highest BCUT2D eigenvalue weighted by molar-refractivity contribution is 9.10. The number of para-hydroxylation sites is 2. The number of nitrogens with one attached hydrogen (secondary N) is 1. The molecule has 0 saturated carbocycles. The summed E-state index contributed by atoms with van der Waals surface area (Å²) < 4.78 is 13.0. The van der Waals surface area contributed by atoms with E-state index in [0.717, 1.165) is 16.0 Å². The molecule has 0 bridgehead atoms. The molecule has 19 heavy (non-hydrogen) atoms. The van der Waals surface area contributed by atoms with Crippen molar-refractivity contribution in [3.05, 3.63) is 45.1 Å². The number of ether oxygens (including phenoxy) is 2. The Labute approximate surface area is 124 Å². The molecule has 1 aliphatic heterocycles. The van der Waals surface area contributed by atoms with E-state index in [2.05, 4.69) is 32.7 Å². The molecule has 0 amide bonds. The lowest BCUT2D eigenvalue weighted by Gasteiger charge is -2.31. The normalized spacial score (nSPS) is 19.2. The quantitative estimate of drug-likeness (QED) is 0.926. The van der Waals surface area contributed by atoms with Crippen LogP contribution in [0.5, 0.6) is 11.5 Å². The molecule has 0 radical (unpaired) electrons. The predicted octanol–water partition coefficient (Wildman–Crippen LogP) is 3.61. The third-order valence-corrected chi connectivity index (χ3v) is 5.09. The maximum atomic E-state index is 6.06. The topological polar surface area (TPSA) is 30.5 Å². The molecule has 100 valence electrons. The van der Waals surface area contributed by atoms with Crippen molar-refractivity contribution >= 4 is 27.3 Å². The molecule has 3 rings (SSSR count). The lowest BCUT2D eigenvalue weighted by Crippen LogP contribution is -2.40. The summed E-state index contributed by atoms with van der Waals surface area (Å²) in [6, 6.07) is 9.96. The van der Waals surface area contributed by atoms with Crippen molar-refractivity contribution in [3.8, 4) is 11.5 Å². The van der Waals surface area contributed by atoms with Crippen molar-refractivity contribution in [3.63, 3.8) is 0 Å². The zero-order valence-electron chi connectivity index (χ0n) is 10.4. The summed E-state index contributed by atoms with van der Waals surface area (Å²) in [5.41, 5.74) is 0. The Morgan fingerprint density at radius 3 is 2.79 bits per heavy atom. The van der Waals surface area contributed by atoms with Crippen LogP contribution in [0, 0.1) is 0 Å². The van der Waals surface area contributed by atoms with Crippen LogP contribution >= 0.6 is 27.3 Å². The molecule has 2 unspecified atom stereocenters. The maximum absolute atomic E-state index is 6.06. The first-order chi connectivity index (χ1) is 9.29. The van der Waals surface area contributed by atoms with Gasteiger partial charge in [0, 0.05) is 9.35 Å². The largest absolute Gasteiger partial charge is 0.486 e. The number of fused-ring (bicyclic) bond motifs is 1. The summed E-state index contributed by atoms with van der Waals surface area (Å²) >= 11 is 5.29. The van der Waals surface area contributed by atoms with Gasteiger partial charge in [-0.15, -0.1) is 11.3 Å². The minimum Gasteiger partial charge on any atom is -0.486 e. The van der Waals surface area contributed by atoms with E-state index in [4.69, 9.17) is 9.47 Å². The van der Waals surface area contributed by atoms with Crippen LogP contribution in [0.15, 0.2) is 40.2 Å². The molecule has 0 saturated heterocycles. The van der Waals surface area contributed by atoms with Crippen molar-refractivity contribution in [2.45, 2.75) is 12.1 Å². The first-order valence-corrected chi connectivity index (χ1v) is 7.75. The van der Waals surface area contributed by atoms with Crippen LogP contribution in [0.25, 0.3) is 0 Å². The highest BCUT2D eigenvalue weighted by Crippen LogP contribution is 2.37. The lowest BCUT2D eigenvalue weighted by atomic mass is 10.1. The Morgan fingerprint density at radius 1 is 1.32 bits per heavy atom. The van der Waals surface area contributed by atoms with E-state index in [9.17, 15) is 0 Å². The first-order valence-electron chi connectivity index (χ1n) is 6.08. The van der Waals surface area contributed by atoms with Crippen LogP contribution in [-0.4, -0.2) is 19.8 Å². The van der Waals surface area contributed by atoms with Gasteiger partial charge >= 0.3 is 0 Å². The fourth-order valence-electron chi connectivity index (χ4n) is 2.21. The van der Waals surface area contributed by atoms with Crippen LogP contribution in [-0.2, 0) is 0 Å². The van der Waals surface area contributed by atoms with Crippen LogP contribution < -0.4 is 14.8 Å².